The molecule has 2 aliphatic rings. The highest BCUT2D eigenvalue weighted by Gasteiger charge is 2.39. The maximum Gasteiger partial charge on any atom is 0.235 e. The third kappa shape index (κ3) is 3.01. The molecule has 0 radical (unpaired) electrons. The van der Waals surface area contributed by atoms with Crippen molar-refractivity contribution in [1.82, 2.24) is 10.2 Å². The van der Waals surface area contributed by atoms with E-state index < -0.39 is 11.1 Å². The van der Waals surface area contributed by atoms with E-state index in [1.165, 1.54) is 0 Å². The number of nitrogens with zero attached hydrogens (tertiary/aromatic N) is 2. The van der Waals surface area contributed by atoms with Crippen molar-refractivity contribution in [3.05, 3.63) is 0 Å². The quantitative estimate of drug-likeness (QED) is 0.761. The molecule has 2 N–H and O–H groups in total. The number of hydrogen-bond acceptors (Lipinski definition) is 4. The topological polar surface area (TPSA) is 76.4 Å². The van der Waals surface area contributed by atoms with Crippen LogP contribution in [-0.4, -0.2) is 46.7 Å². The summed E-state index contributed by atoms with van der Waals surface area (Å²) < 4.78 is 0. The largest absolute Gasteiger partial charge is 0.388 e. The molecule has 1 aliphatic heterocycles. The van der Waals surface area contributed by atoms with E-state index in [4.69, 9.17) is 0 Å². The van der Waals surface area contributed by atoms with Crippen molar-refractivity contribution < 1.29 is 9.90 Å². The highest BCUT2D eigenvalue weighted by atomic mass is 16.3. The van der Waals surface area contributed by atoms with Crippen LogP contribution in [0.3, 0.4) is 0 Å². The number of amides is 1. The summed E-state index contributed by atoms with van der Waals surface area (Å²) in [6, 6.07) is 2.27. The zero-order valence-corrected chi connectivity index (χ0v) is 10.9. The number of nitrogens with one attached hydrogen (secondary N) is 1. The monoisotopic (exact) mass is 251 g/mol. The van der Waals surface area contributed by atoms with Crippen LogP contribution in [-0.2, 0) is 4.79 Å². The van der Waals surface area contributed by atoms with Crippen LogP contribution >= 0.6 is 0 Å². The highest BCUT2D eigenvalue weighted by Crippen LogP contribution is 2.27. The van der Waals surface area contributed by atoms with Gasteiger partial charge in [-0.05, 0) is 19.8 Å². The van der Waals surface area contributed by atoms with Crippen molar-refractivity contribution in [3.8, 4) is 6.07 Å². The Bertz CT molecular complexity index is 359. The summed E-state index contributed by atoms with van der Waals surface area (Å²) >= 11 is 0. The normalized spacial score (nSPS) is 25.8. The fourth-order valence-electron chi connectivity index (χ4n) is 2.96. The van der Waals surface area contributed by atoms with Gasteiger partial charge in [0, 0.05) is 13.1 Å². The lowest BCUT2D eigenvalue weighted by Gasteiger charge is -2.44. The summed E-state index contributed by atoms with van der Waals surface area (Å²) in [7, 11) is 0. The first-order valence-corrected chi connectivity index (χ1v) is 6.62. The van der Waals surface area contributed by atoms with Crippen molar-refractivity contribution in [2.24, 2.45) is 0 Å². The van der Waals surface area contributed by atoms with Crippen LogP contribution in [0.15, 0.2) is 0 Å². The first-order chi connectivity index (χ1) is 8.45. The van der Waals surface area contributed by atoms with Gasteiger partial charge < -0.3 is 10.4 Å². The van der Waals surface area contributed by atoms with Crippen LogP contribution in [0.1, 0.15) is 39.0 Å². The van der Waals surface area contributed by atoms with Gasteiger partial charge in [-0.2, -0.15) is 5.26 Å². The maximum atomic E-state index is 11.9. The van der Waals surface area contributed by atoms with Crippen LogP contribution in [0.25, 0.3) is 0 Å². The lowest BCUT2D eigenvalue weighted by Crippen LogP contribution is -2.62. The zero-order chi connectivity index (χ0) is 13.2. The number of nitriles is 1. The average molecular weight is 251 g/mol. The number of β-amino-alcohol motifs (C(OH)–C–C–N with tert-alkyl or cyclic N) is 1. The molecule has 1 heterocycles. The van der Waals surface area contributed by atoms with Gasteiger partial charge in [-0.15, -0.1) is 0 Å². The fourth-order valence-corrected chi connectivity index (χ4v) is 2.96. The van der Waals surface area contributed by atoms with Gasteiger partial charge in [0.2, 0.25) is 5.91 Å². The predicted octanol–water partition coefficient (Wildman–Crippen LogP) is 0.396. The number of likely N-dealkylation sites (tertiary alicyclic amines) is 1. The Morgan fingerprint density at radius 2 is 2.00 bits per heavy atom. The standard InChI is InChI=1S/C13H21N3O2/c1-12(18)9-16(10-12)7-11(17)15-13(8-14)5-3-2-4-6-13/h18H,2-7,9-10H2,1H3,(H,15,17). The molecule has 0 aromatic carbocycles. The van der Waals surface area contributed by atoms with Gasteiger partial charge in [-0.25, -0.2) is 0 Å². The zero-order valence-electron chi connectivity index (χ0n) is 10.9. The van der Waals surface area contributed by atoms with Crippen LogP contribution in [0.4, 0.5) is 0 Å². The number of rotatable bonds is 3. The molecule has 2 fully saturated rings. The summed E-state index contributed by atoms with van der Waals surface area (Å²) in [4.78, 5) is 13.8. The van der Waals surface area contributed by atoms with E-state index in [0.29, 0.717) is 13.1 Å². The van der Waals surface area contributed by atoms with E-state index in [2.05, 4.69) is 11.4 Å². The maximum absolute atomic E-state index is 11.9. The van der Waals surface area contributed by atoms with Crippen LogP contribution < -0.4 is 5.32 Å². The van der Waals surface area contributed by atoms with Crippen LogP contribution in [0.5, 0.6) is 0 Å². The minimum atomic E-state index is -0.655. The molecule has 2 rings (SSSR count). The molecule has 0 unspecified atom stereocenters. The van der Waals surface area contributed by atoms with E-state index in [1.807, 2.05) is 4.90 Å². The van der Waals surface area contributed by atoms with Gasteiger partial charge in [0.05, 0.1) is 18.2 Å². The predicted molar refractivity (Wildman–Crippen MR) is 66.6 cm³/mol. The second kappa shape index (κ2) is 4.87. The van der Waals surface area contributed by atoms with Gasteiger partial charge >= 0.3 is 0 Å². The molecule has 0 atom stereocenters. The Morgan fingerprint density at radius 3 is 2.50 bits per heavy atom. The van der Waals surface area contributed by atoms with Crippen LogP contribution in [0.2, 0.25) is 0 Å². The number of hydrogen-bond donors (Lipinski definition) is 2. The van der Waals surface area contributed by atoms with E-state index in [1.54, 1.807) is 6.92 Å². The number of aliphatic hydroxyl groups is 1. The molecular weight excluding hydrogens is 230 g/mol. The first kappa shape index (κ1) is 13.3. The van der Waals surface area contributed by atoms with Crippen molar-refractivity contribution in [2.75, 3.05) is 19.6 Å². The Labute approximate surface area is 108 Å². The second-order valence-corrected chi connectivity index (χ2v) is 5.94. The van der Waals surface area contributed by atoms with Gasteiger partial charge in [0.15, 0.2) is 0 Å². The lowest BCUT2D eigenvalue weighted by molar-refractivity contribution is -0.131. The molecule has 18 heavy (non-hydrogen) atoms. The molecular formula is C13H21N3O2. The molecule has 0 bridgehead atoms. The summed E-state index contributed by atoms with van der Waals surface area (Å²) in [5.41, 5.74) is -1.30. The first-order valence-electron chi connectivity index (χ1n) is 6.62. The molecule has 0 aromatic rings. The molecule has 5 nitrogen and oxygen atoms in total. The van der Waals surface area contributed by atoms with Gasteiger partial charge in [-0.3, -0.25) is 9.69 Å². The summed E-state index contributed by atoms with van der Waals surface area (Å²) in [6.07, 6.45) is 4.67. The third-order valence-corrected chi connectivity index (χ3v) is 3.80. The minimum absolute atomic E-state index is 0.103. The Hall–Kier alpha value is -1.12. The van der Waals surface area contributed by atoms with E-state index in [0.717, 1.165) is 32.1 Å². The molecule has 5 heteroatoms. The van der Waals surface area contributed by atoms with Crippen molar-refractivity contribution >= 4 is 5.91 Å². The molecule has 1 aliphatic carbocycles. The van der Waals surface area contributed by atoms with Gasteiger partial charge in [0.1, 0.15) is 5.54 Å². The second-order valence-electron chi connectivity index (χ2n) is 5.94. The smallest absolute Gasteiger partial charge is 0.235 e. The van der Waals surface area contributed by atoms with E-state index in [9.17, 15) is 15.2 Å². The molecule has 0 aromatic heterocycles. The van der Waals surface area contributed by atoms with Crippen LogP contribution in [0, 0.1) is 11.3 Å². The van der Waals surface area contributed by atoms with Crippen molar-refractivity contribution in [3.63, 3.8) is 0 Å². The molecule has 0 spiro atoms. The lowest BCUT2D eigenvalue weighted by atomic mass is 9.83. The molecule has 1 saturated heterocycles. The molecule has 100 valence electrons. The third-order valence-electron chi connectivity index (χ3n) is 3.80. The Kier molecular flexibility index (Phi) is 3.60. The van der Waals surface area contributed by atoms with Gasteiger partial charge in [-0.1, -0.05) is 19.3 Å². The van der Waals surface area contributed by atoms with E-state index in [-0.39, 0.29) is 12.5 Å². The fraction of sp³-hybridized carbons (Fsp3) is 0.846. The van der Waals surface area contributed by atoms with Crippen molar-refractivity contribution in [2.45, 2.75) is 50.2 Å². The van der Waals surface area contributed by atoms with Crippen molar-refractivity contribution in [1.29, 1.82) is 5.26 Å². The average Bonchev–Trinajstić information content (AvgIpc) is 2.27. The number of carbonyl (C=O) groups is 1. The SMILES string of the molecule is CC1(O)CN(CC(=O)NC2(C#N)CCCCC2)C1. The number of carbonyl (C=O) groups excluding carboxylic acids is 1. The molecule has 1 amide bonds. The van der Waals surface area contributed by atoms with Gasteiger partial charge in [0.25, 0.3) is 0 Å². The van der Waals surface area contributed by atoms with E-state index >= 15 is 0 Å². The Morgan fingerprint density at radius 1 is 1.39 bits per heavy atom. The summed E-state index contributed by atoms with van der Waals surface area (Å²) in [5.74, 6) is -0.103. The molecule has 1 saturated carbocycles. The summed E-state index contributed by atoms with van der Waals surface area (Å²) in [6.45, 7) is 3.10. The minimum Gasteiger partial charge on any atom is -0.388 e. The Balaban J connectivity index is 1.81. The summed E-state index contributed by atoms with van der Waals surface area (Å²) in [5, 5.41) is 21.7. The highest BCUT2D eigenvalue weighted by molar-refractivity contribution is 5.79.